The molecular formula is C17H26N3O+. The third-order valence-electron chi connectivity index (χ3n) is 3.52. The van der Waals surface area contributed by atoms with E-state index in [2.05, 4.69) is 40.7 Å². The van der Waals surface area contributed by atoms with Crippen LogP contribution in [0.15, 0.2) is 29.3 Å². The number of hydrogen-bond donors (Lipinski definition) is 0. The van der Waals surface area contributed by atoms with Crippen LogP contribution in [-0.2, 0) is 0 Å². The Bertz CT molecular complexity index is 477. The van der Waals surface area contributed by atoms with E-state index in [1.54, 1.807) is 0 Å². The van der Waals surface area contributed by atoms with Crippen molar-refractivity contribution < 1.29 is 9.31 Å². The molecule has 4 heteroatoms. The fraction of sp³-hybridized carbons (Fsp3) is 0.529. The zero-order chi connectivity index (χ0) is 14.9. The van der Waals surface area contributed by atoms with Gasteiger partial charge in [-0.15, -0.1) is 0 Å². The maximum atomic E-state index is 5.78. The first-order valence-corrected chi connectivity index (χ1v) is 7.73. The van der Waals surface area contributed by atoms with Crippen LogP contribution in [0.3, 0.4) is 0 Å². The predicted molar refractivity (Wildman–Crippen MR) is 88.3 cm³/mol. The molecular weight excluding hydrogens is 262 g/mol. The molecule has 0 aromatic heterocycles. The molecule has 0 fully saturated rings. The molecule has 0 saturated heterocycles. The quantitative estimate of drug-likeness (QED) is 0.516. The van der Waals surface area contributed by atoms with Crippen LogP contribution < -0.4 is 4.74 Å². The molecule has 0 atom stereocenters. The van der Waals surface area contributed by atoms with Gasteiger partial charge < -0.3 is 9.64 Å². The second kappa shape index (κ2) is 8.57. The Kier molecular flexibility index (Phi) is 6.41. The monoisotopic (exact) mass is 288 g/mol. The normalized spacial score (nSPS) is 13.8. The lowest BCUT2D eigenvalue weighted by atomic mass is 10.2. The van der Waals surface area contributed by atoms with Crippen LogP contribution in [0, 0.1) is 0 Å². The summed E-state index contributed by atoms with van der Waals surface area (Å²) in [6, 6.07) is 8.23. The van der Waals surface area contributed by atoms with E-state index in [4.69, 9.17) is 4.74 Å². The van der Waals surface area contributed by atoms with Crippen LogP contribution in [0.5, 0.6) is 5.75 Å². The second-order valence-corrected chi connectivity index (χ2v) is 5.65. The summed E-state index contributed by atoms with van der Waals surface area (Å²) in [4.78, 5) is 6.41. The number of rotatable bonds is 9. The molecule has 0 spiro atoms. The Hall–Kier alpha value is -1.68. The molecule has 4 nitrogen and oxygen atoms in total. The summed E-state index contributed by atoms with van der Waals surface area (Å²) in [5.74, 6) is 0.951. The van der Waals surface area contributed by atoms with E-state index in [1.807, 2.05) is 24.6 Å². The number of benzene rings is 1. The highest BCUT2D eigenvalue weighted by Gasteiger charge is 2.10. The molecule has 1 aromatic rings. The maximum Gasteiger partial charge on any atom is 0.241 e. The van der Waals surface area contributed by atoms with Gasteiger partial charge >= 0.3 is 0 Å². The Balaban J connectivity index is 1.60. The van der Waals surface area contributed by atoms with E-state index in [0.717, 1.165) is 24.5 Å². The van der Waals surface area contributed by atoms with Gasteiger partial charge in [0.15, 0.2) is 6.21 Å². The molecule has 0 bridgehead atoms. The number of hydrogen-bond acceptors (Lipinski definition) is 3. The van der Waals surface area contributed by atoms with Crippen LogP contribution >= 0.6 is 0 Å². The first-order chi connectivity index (χ1) is 10.3. The van der Waals surface area contributed by atoms with Crippen LogP contribution in [0.25, 0.3) is 0 Å². The summed E-state index contributed by atoms with van der Waals surface area (Å²) in [5, 5.41) is 0. The summed E-state index contributed by atoms with van der Waals surface area (Å²) in [7, 11) is 4.25. The van der Waals surface area contributed by atoms with E-state index >= 15 is 0 Å². The molecule has 1 aliphatic rings. The minimum Gasteiger partial charge on any atom is -0.494 e. The first kappa shape index (κ1) is 15.7. The predicted octanol–water partition coefficient (Wildman–Crippen LogP) is 2.94. The summed E-state index contributed by atoms with van der Waals surface area (Å²) in [6.45, 7) is 2.70. The SMILES string of the molecule is CN(C)CCCCCCOc1ccc([N+]2=CC=NC2)cc1. The number of ether oxygens (including phenoxy) is 1. The van der Waals surface area contributed by atoms with Gasteiger partial charge in [-0.1, -0.05) is 12.8 Å². The van der Waals surface area contributed by atoms with E-state index in [9.17, 15) is 0 Å². The van der Waals surface area contributed by atoms with Crippen LogP contribution in [-0.4, -0.2) is 55.8 Å². The molecule has 2 rings (SSSR count). The largest absolute Gasteiger partial charge is 0.494 e. The molecule has 114 valence electrons. The van der Waals surface area contributed by atoms with Crippen molar-refractivity contribution in [1.82, 2.24) is 4.90 Å². The Morgan fingerprint density at radius 2 is 1.86 bits per heavy atom. The van der Waals surface area contributed by atoms with Gasteiger partial charge in [-0.25, -0.2) is 4.99 Å². The Morgan fingerprint density at radius 3 is 2.52 bits per heavy atom. The average Bonchev–Trinajstić information content (AvgIpc) is 3.01. The van der Waals surface area contributed by atoms with Gasteiger partial charge in [-0.2, -0.15) is 4.58 Å². The van der Waals surface area contributed by atoms with Crippen LogP contribution in [0.4, 0.5) is 5.69 Å². The van der Waals surface area contributed by atoms with Gasteiger partial charge in [0.1, 0.15) is 5.75 Å². The summed E-state index contributed by atoms with van der Waals surface area (Å²) in [5.41, 5.74) is 1.16. The average molecular weight is 288 g/mol. The van der Waals surface area contributed by atoms with Gasteiger partial charge in [0.05, 0.1) is 12.8 Å². The molecule has 1 heterocycles. The minimum atomic E-state index is 0.715. The van der Waals surface area contributed by atoms with Gasteiger partial charge in [-0.3, -0.25) is 0 Å². The van der Waals surface area contributed by atoms with Gasteiger partial charge in [-0.05, 0) is 45.6 Å². The standard InChI is InChI=1S/C17H26N3O/c1-19(2)12-5-3-4-6-14-21-17-9-7-16(8-10-17)20-13-11-18-15-20/h7-11,13H,3-6,12,14-15H2,1-2H3/q+1. The van der Waals surface area contributed by atoms with Crippen molar-refractivity contribution >= 4 is 18.1 Å². The fourth-order valence-corrected chi connectivity index (χ4v) is 2.29. The first-order valence-electron chi connectivity index (χ1n) is 7.73. The number of aliphatic imine (C=N–C) groups is 1. The number of nitrogens with zero attached hydrogens (tertiary/aromatic N) is 3. The van der Waals surface area contributed by atoms with Gasteiger partial charge in [0.2, 0.25) is 12.4 Å². The molecule has 0 aliphatic carbocycles. The lowest BCUT2D eigenvalue weighted by molar-refractivity contribution is -0.427. The maximum absolute atomic E-state index is 5.78. The van der Waals surface area contributed by atoms with Crippen LogP contribution in [0.2, 0.25) is 0 Å². The smallest absolute Gasteiger partial charge is 0.241 e. The zero-order valence-corrected chi connectivity index (χ0v) is 13.2. The summed E-state index contributed by atoms with van der Waals surface area (Å²) in [6.07, 6.45) is 8.75. The van der Waals surface area contributed by atoms with Crippen molar-refractivity contribution in [1.29, 1.82) is 0 Å². The number of unbranched alkanes of at least 4 members (excludes halogenated alkanes) is 3. The van der Waals surface area contributed by atoms with Crippen molar-refractivity contribution in [2.45, 2.75) is 25.7 Å². The fourth-order valence-electron chi connectivity index (χ4n) is 2.29. The van der Waals surface area contributed by atoms with Crippen molar-refractivity contribution in [3.8, 4) is 5.75 Å². The molecule has 0 amide bonds. The van der Waals surface area contributed by atoms with E-state index in [1.165, 1.54) is 25.8 Å². The summed E-state index contributed by atoms with van der Waals surface area (Å²) < 4.78 is 7.89. The van der Waals surface area contributed by atoms with E-state index < -0.39 is 0 Å². The van der Waals surface area contributed by atoms with Crippen LogP contribution in [0.1, 0.15) is 25.7 Å². The lowest BCUT2D eigenvalue weighted by Crippen LogP contribution is -2.12. The van der Waals surface area contributed by atoms with Crippen molar-refractivity contribution in [3.63, 3.8) is 0 Å². The van der Waals surface area contributed by atoms with Crippen molar-refractivity contribution in [2.75, 3.05) is 33.9 Å². The van der Waals surface area contributed by atoms with Crippen molar-refractivity contribution in [2.24, 2.45) is 4.99 Å². The zero-order valence-electron chi connectivity index (χ0n) is 13.2. The molecule has 0 radical (unpaired) electrons. The lowest BCUT2D eigenvalue weighted by Gasteiger charge is -2.09. The van der Waals surface area contributed by atoms with Gasteiger partial charge in [0, 0.05) is 12.1 Å². The summed E-state index contributed by atoms with van der Waals surface area (Å²) >= 11 is 0. The van der Waals surface area contributed by atoms with Gasteiger partial charge in [0.25, 0.3) is 0 Å². The van der Waals surface area contributed by atoms with E-state index in [0.29, 0.717) is 6.67 Å². The molecule has 21 heavy (non-hydrogen) atoms. The molecule has 0 N–H and O–H groups in total. The second-order valence-electron chi connectivity index (χ2n) is 5.65. The minimum absolute atomic E-state index is 0.715. The highest BCUT2D eigenvalue weighted by atomic mass is 16.5. The molecule has 0 unspecified atom stereocenters. The highest BCUT2D eigenvalue weighted by molar-refractivity contribution is 6.14. The Labute approximate surface area is 127 Å². The highest BCUT2D eigenvalue weighted by Crippen LogP contribution is 2.18. The third-order valence-corrected chi connectivity index (χ3v) is 3.52. The third kappa shape index (κ3) is 5.68. The topological polar surface area (TPSA) is 27.8 Å². The molecule has 1 aliphatic heterocycles. The van der Waals surface area contributed by atoms with Crippen molar-refractivity contribution in [3.05, 3.63) is 24.3 Å². The Morgan fingerprint density at radius 1 is 1.10 bits per heavy atom. The van der Waals surface area contributed by atoms with E-state index in [-0.39, 0.29) is 0 Å². The molecule has 0 saturated carbocycles. The molecule has 1 aromatic carbocycles.